The Morgan fingerprint density at radius 3 is 2.70 bits per heavy atom. The third-order valence-corrected chi connectivity index (χ3v) is 7.55. The minimum atomic E-state index is -3.60. The lowest BCUT2D eigenvalue weighted by Crippen LogP contribution is -2.28. The highest BCUT2D eigenvalue weighted by Gasteiger charge is 2.26. The van der Waals surface area contributed by atoms with Gasteiger partial charge in [0.15, 0.2) is 0 Å². The van der Waals surface area contributed by atoms with E-state index >= 15 is 0 Å². The van der Waals surface area contributed by atoms with Crippen molar-refractivity contribution in [2.45, 2.75) is 37.1 Å². The van der Waals surface area contributed by atoms with Crippen LogP contribution in [0.5, 0.6) is 0 Å². The molecule has 1 heterocycles. The first kappa shape index (κ1) is 22.7. The Morgan fingerprint density at radius 2 is 2.00 bits per heavy atom. The Kier molecular flexibility index (Phi) is 7.18. The van der Waals surface area contributed by atoms with Gasteiger partial charge < -0.3 is 5.32 Å². The van der Waals surface area contributed by atoms with Gasteiger partial charge in [-0.2, -0.15) is 0 Å². The summed E-state index contributed by atoms with van der Waals surface area (Å²) in [5, 5.41) is 3.07. The molecule has 1 aliphatic rings. The van der Waals surface area contributed by atoms with E-state index in [1.807, 2.05) is 0 Å². The van der Waals surface area contributed by atoms with Gasteiger partial charge in [0.1, 0.15) is 0 Å². The molecule has 1 aliphatic heterocycles. The van der Waals surface area contributed by atoms with Crippen molar-refractivity contribution in [3.05, 3.63) is 58.6 Å². The van der Waals surface area contributed by atoms with Crippen molar-refractivity contribution in [1.29, 1.82) is 0 Å². The van der Waals surface area contributed by atoms with Crippen molar-refractivity contribution in [3.8, 4) is 0 Å². The zero-order chi connectivity index (χ0) is 21.9. The van der Waals surface area contributed by atoms with Gasteiger partial charge in [-0.05, 0) is 50.1 Å². The first-order chi connectivity index (χ1) is 14.2. The summed E-state index contributed by atoms with van der Waals surface area (Å²) >= 11 is 6.18. The van der Waals surface area contributed by atoms with Crippen molar-refractivity contribution < 1.29 is 13.2 Å². The number of anilines is 1. The fourth-order valence-electron chi connectivity index (χ4n) is 3.78. The number of nitrogens with one attached hydrogen (secondary N) is 1. The van der Waals surface area contributed by atoms with Gasteiger partial charge in [-0.1, -0.05) is 41.4 Å². The molecule has 30 heavy (non-hydrogen) atoms. The molecule has 2 aromatic carbocycles. The quantitative estimate of drug-likeness (QED) is 0.691. The largest absolute Gasteiger partial charge is 0.325 e. The average molecular weight is 450 g/mol. The number of sulfonamides is 1. The van der Waals surface area contributed by atoms with Crippen LogP contribution in [0.3, 0.4) is 0 Å². The monoisotopic (exact) mass is 449 g/mol. The maximum absolute atomic E-state index is 12.6. The van der Waals surface area contributed by atoms with Gasteiger partial charge in [0.25, 0.3) is 0 Å². The number of hydrogen-bond donors (Lipinski definition) is 1. The van der Waals surface area contributed by atoms with Crippen molar-refractivity contribution in [2.24, 2.45) is 0 Å². The van der Waals surface area contributed by atoms with Crippen LogP contribution in [-0.4, -0.2) is 50.7 Å². The smallest absolute Gasteiger partial charge is 0.242 e. The second-order valence-electron chi connectivity index (χ2n) is 7.84. The molecule has 0 saturated carbocycles. The number of aryl methyl sites for hydroxylation is 1. The molecule has 8 heteroatoms. The highest BCUT2D eigenvalue weighted by atomic mass is 35.5. The van der Waals surface area contributed by atoms with Crippen LogP contribution in [0.25, 0.3) is 0 Å². The lowest BCUT2D eigenvalue weighted by Gasteiger charge is -2.25. The number of likely N-dealkylation sites (tertiary alicyclic amines) is 1. The topological polar surface area (TPSA) is 69.7 Å². The van der Waals surface area contributed by atoms with Crippen molar-refractivity contribution >= 4 is 33.2 Å². The molecule has 0 aliphatic carbocycles. The summed E-state index contributed by atoms with van der Waals surface area (Å²) in [6.07, 6.45) is 2.50. The predicted octanol–water partition coefficient (Wildman–Crippen LogP) is 4.06. The molecule has 1 N–H and O–H groups in total. The molecule has 1 amide bonds. The van der Waals surface area contributed by atoms with E-state index in [9.17, 15) is 13.2 Å². The van der Waals surface area contributed by atoms with E-state index < -0.39 is 10.0 Å². The number of nitrogens with zero attached hydrogens (tertiary/aromatic N) is 2. The Hall–Kier alpha value is -1.93. The number of benzene rings is 2. The Labute approximate surface area is 183 Å². The fraction of sp³-hybridized carbons (Fsp3) is 0.409. The second kappa shape index (κ2) is 9.47. The summed E-state index contributed by atoms with van der Waals surface area (Å²) in [6.45, 7) is 3.69. The number of halogens is 1. The summed E-state index contributed by atoms with van der Waals surface area (Å²) in [6, 6.07) is 13.2. The molecule has 6 nitrogen and oxygen atoms in total. The third kappa shape index (κ3) is 5.21. The van der Waals surface area contributed by atoms with Crippen LogP contribution < -0.4 is 5.32 Å². The first-order valence-corrected chi connectivity index (χ1v) is 11.8. The number of carbonyl (C=O) groups is 1. The molecular formula is C22H28ClN3O3S. The number of rotatable bonds is 7. The third-order valence-electron chi connectivity index (χ3n) is 5.41. The Balaban J connectivity index is 1.65. The zero-order valence-corrected chi connectivity index (χ0v) is 19.1. The average Bonchev–Trinajstić information content (AvgIpc) is 3.16. The van der Waals surface area contributed by atoms with Gasteiger partial charge in [0.05, 0.1) is 15.6 Å². The number of carbonyl (C=O) groups excluding carboxylic acids is 1. The molecule has 162 valence electrons. The highest BCUT2D eigenvalue weighted by molar-refractivity contribution is 7.89. The summed E-state index contributed by atoms with van der Waals surface area (Å²) in [4.78, 5) is 15.0. The van der Waals surface area contributed by atoms with E-state index in [-0.39, 0.29) is 10.8 Å². The van der Waals surface area contributed by atoms with Crippen molar-refractivity contribution in [1.82, 2.24) is 9.21 Å². The van der Waals surface area contributed by atoms with Crippen molar-refractivity contribution in [3.63, 3.8) is 0 Å². The maximum Gasteiger partial charge on any atom is 0.242 e. The lowest BCUT2D eigenvalue weighted by atomic mass is 10.0. The molecule has 0 radical (unpaired) electrons. The first-order valence-electron chi connectivity index (χ1n) is 10.0. The lowest BCUT2D eigenvalue weighted by molar-refractivity contribution is -0.116. The van der Waals surface area contributed by atoms with E-state index in [0.717, 1.165) is 23.7 Å². The van der Waals surface area contributed by atoms with Gasteiger partial charge in [-0.25, -0.2) is 12.7 Å². The summed E-state index contributed by atoms with van der Waals surface area (Å²) < 4.78 is 25.8. The zero-order valence-electron chi connectivity index (χ0n) is 17.6. The second-order valence-corrected chi connectivity index (χ2v) is 10.4. The van der Waals surface area contributed by atoms with Gasteiger partial charge in [0, 0.05) is 33.1 Å². The van der Waals surface area contributed by atoms with Crippen LogP contribution in [0, 0.1) is 6.92 Å². The van der Waals surface area contributed by atoms with E-state index in [2.05, 4.69) is 41.4 Å². The molecule has 2 aromatic rings. The van der Waals surface area contributed by atoms with Gasteiger partial charge in [0.2, 0.25) is 15.9 Å². The molecule has 0 aromatic heterocycles. The fourth-order valence-corrected chi connectivity index (χ4v) is 4.87. The number of hydrogen-bond acceptors (Lipinski definition) is 4. The Morgan fingerprint density at radius 1 is 1.23 bits per heavy atom. The summed E-state index contributed by atoms with van der Waals surface area (Å²) in [7, 11) is -0.681. The molecule has 1 saturated heterocycles. The highest BCUT2D eigenvalue weighted by Crippen LogP contribution is 2.32. The molecule has 0 bridgehead atoms. The van der Waals surface area contributed by atoms with E-state index in [1.165, 1.54) is 43.4 Å². The van der Waals surface area contributed by atoms with Gasteiger partial charge in [-0.15, -0.1) is 0 Å². The Bertz CT molecular complexity index is 1020. The molecule has 1 fully saturated rings. The van der Waals surface area contributed by atoms with Gasteiger partial charge in [-0.3, -0.25) is 9.69 Å². The minimum absolute atomic E-state index is 0.0891. The molecule has 1 unspecified atom stereocenters. The SMILES string of the molecule is Cc1cccc(C2CCCN2CCC(=O)Nc2cc(S(=O)(=O)N(C)C)ccc2Cl)c1. The molecule has 0 spiro atoms. The molecule has 3 rings (SSSR count). The van der Waals surface area contributed by atoms with Gasteiger partial charge >= 0.3 is 0 Å². The molecule has 1 atom stereocenters. The number of amides is 1. The summed E-state index contributed by atoms with van der Waals surface area (Å²) in [5.41, 5.74) is 2.83. The van der Waals surface area contributed by atoms with Crippen LogP contribution in [0.1, 0.15) is 36.4 Å². The maximum atomic E-state index is 12.6. The predicted molar refractivity (Wildman–Crippen MR) is 120 cm³/mol. The minimum Gasteiger partial charge on any atom is -0.325 e. The van der Waals surface area contributed by atoms with E-state index in [0.29, 0.717) is 29.7 Å². The normalized spacial score (nSPS) is 17.4. The van der Waals surface area contributed by atoms with Crippen LogP contribution >= 0.6 is 11.6 Å². The standard InChI is InChI=1S/C22H28ClN3O3S/c1-16-6-4-7-17(14-16)21-8-5-12-26(21)13-11-22(27)24-20-15-18(9-10-19(20)23)30(28,29)25(2)3/h4,6-7,9-10,14-15,21H,5,8,11-13H2,1-3H3,(H,24,27). The van der Waals surface area contributed by atoms with E-state index in [4.69, 9.17) is 11.6 Å². The van der Waals surface area contributed by atoms with E-state index in [1.54, 1.807) is 0 Å². The van der Waals surface area contributed by atoms with Crippen LogP contribution in [0.4, 0.5) is 5.69 Å². The summed E-state index contributed by atoms with van der Waals surface area (Å²) in [5.74, 6) is -0.189. The van der Waals surface area contributed by atoms with Crippen molar-refractivity contribution in [2.75, 3.05) is 32.5 Å². The van der Waals surface area contributed by atoms with Crippen LogP contribution in [0.2, 0.25) is 5.02 Å². The van der Waals surface area contributed by atoms with Crippen LogP contribution in [-0.2, 0) is 14.8 Å². The molecular weight excluding hydrogens is 422 g/mol. The van der Waals surface area contributed by atoms with Crippen LogP contribution in [0.15, 0.2) is 47.4 Å².